The van der Waals surface area contributed by atoms with Gasteiger partial charge in [-0.2, -0.15) is 9.61 Å². The molecule has 2 aromatic heterocycles. The highest BCUT2D eigenvalue weighted by Gasteiger charge is 2.14. The summed E-state index contributed by atoms with van der Waals surface area (Å²) < 4.78 is 6.98. The van der Waals surface area contributed by atoms with E-state index in [0.717, 1.165) is 33.5 Å². The van der Waals surface area contributed by atoms with Crippen molar-refractivity contribution < 1.29 is 4.74 Å². The Morgan fingerprint density at radius 1 is 1.37 bits per heavy atom. The van der Waals surface area contributed by atoms with E-state index in [1.54, 1.807) is 11.6 Å². The Balaban J connectivity index is 2.15. The van der Waals surface area contributed by atoms with Gasteiger partial charge in [-0.05, 0) is 18.2 Å². The highest BCUT2D eigenvalue weighted by Crippen LogP contribution is 2.32. The van der Waals surface area contributed by atoms with Crippen LogP contribution >= 0.6 is 11.3 Å². The summed E-state index contributed by atoms with van der Waals surface area (Å²) in [5.74, 6) is 1.60. The summed E-state index contributed by atoms with van der Waals surface area (Å²) in [7, 11) is 1.63. The van der Waals surface area contributed by atoms with Gasteiger partial charge in [0, 0.05) is 17.7 Å². The number of hydrogen-bond acceptors (Lipinski definition) is 6. The molecular weight excluding hydrogens is 262 g/mol. The molecule has 0 bridgehead atoms. The average molecular weight is 275 g/mol. The van der Waals surface area contributed by atoms with Crippen molar-refractivity contribution in [3.8, 4) is 16.3 Å². The van der Waals surface area contributed by atoms with Crippen molar-refractivity contribution in [2.45, 2.75) is 13.3 Å². The van der Waals surface area contributed by atoms with Crippen LogP contribution in [0.4, 0.5) is 5.69 Å². The lowest BCUT2D eigenvalue weighted by molar-refractivity contribution is 0.415. The van der Waals surface area contributed by atoms with Crippen LogP contribution in [0.3, 0.4) is 0 Å². The van der Waals surface area contributed by atoms with E-state index in [1.807, 2.05) is 25.1 Å². The van der Waals surface area contributed by atoms with Gasteiger partial charge in [0.05, 0.1) is 7.11 Å². The summed E-state index contributed by atoms with van der Waals surface area (Å²) >= 11 is 1.46. The lowest BCUT2D eigenvalue weighted by Gasteiger charge is -2.04. The standard InChI is InChI=1S/C12H13N5OS/c1-3-10-14-15-12-17(10)16-11(19-12)8-6-7(18-2)4-5-9(8)13/h4-6H,3,13H2,1-2H3. The van der Waals surface area contributed by atoms with Crippen LogP contribution in [0.25, 0.3) is 15.5 Å². The summed E-state index contributed by atoms with van der Waals surface area (Å²) in [6, 6.07) is 5.53. The first kappa shape index (κ1) is 11.9. The van der Waals surface area contributed by atoms with Crippen LogP contribution in [-0.2, 0) is 6.42 Å². The van der Waals surface area contributed by atoms with Crippen LogP contribution in [0.5, 0.6) is 5.75 Å². The molecule has 0 unspecified atom stereocenters. The van der Waals surface area contributed by atoms with Crippen LogP contribution in [-0.4, -0.2) is 26.9 Å². The van der Waals surface area contributed by atoms with Crippen molar-refractivity contribution in [1.29, 1.82) is 0 Å². The molecular formula is C12H13N5OS. The van der Waals surface area contributed by atoms with Gasteiger partial charge in [0.15, 0.2) is 5.82 Å². The molecule has 2 heterocycles. The van der Waals surface area contributed by atoms with Crippen molar-refractivity contribution in [3.63, 3.8) is 0 Å². The first-order valence-corrected chi connectivity index (χ1v) is 6.69. The zero-order valence-corrected chi connectivity index (χ0v) is 11.4. The number of methoxy groups -OCH3 is 1. The molecule has 0 fully saturated rings. The molecule has 0 aliphatic rings. The third kappa shape index (κ3) is 1.91. The molecule has 0 saturated heterocycles. The van der Waals surface area contributed by atoms with Crippen molar-refractivity contribution in [2.75, 3.05) is 12.8 Å². The largest absolute Gasteiger partial charge is 0.497 e. The molecule has 0 radical (unpaired) electrons. The number of nitrogens with two attached hydrogens (primary N) is 1. The number of benzene rings is 1. The molecule has 0 spiro atoms. The van der Waals surface area contributed by atoms with Gasteiger partial charge in [-0.15, -0.1) is 10.2 Å². The van der Waals surface area contributed by atoms with E-state index in [1.165, 1.54) is 11.3 Å². The Kier molecular flexibility index (Phi) is 2.83. The Morgan fingerprint density at radius 2 is 2.21 bits per heavy atom. The number of aryl methyl sites for hydroxylation is 1. The Hall–Kier alpha value is -2.15. The third-order valence-corrected chi connectivity index (χ3v) is 3.79. The number of ether oxygens (including phenoxy) is 1. The normalized spacial score (nSPS) is 11.1. The van der Waals surface area contributed by atoms with Crippen molar-refractivity contribution >= 4 is 22.0 Å². The number of rotatable bonds is 3. The molecule has 19 heavy (non-hydrogen) atoms. The third-order valence-electron chi connectivity index (χ3n) is 2.86. The summed E-state index contributed by atoms with van der Waals surface area (Å²) in [5.41, 5.74) is 7.53. The fourth-order valence-electron chi connectivity index (χ4n) is 1.83. The fraction of sp³-hybridized carbons (Fsp3) is 0.250. The maximum absolute atomic E-state index is 6.00. The number of nitrogens with zero attached hydrogens (tertiary/aromatic N) is 4. The molecule has 0 aliphatic heterocycles. The molecule has 6 nitrogen and oxygen atoms in total. The summed E-state index contributed by atoms with van der Waals surface area (Å²) in [4.78, 5) is 0.772. The zero-order chi connectivity index (χ0) is 13.4. The van der Waals surface area contributed by atoms with E-state index in [-0.39, 0.29) is 0 Å². The van der Waals surface area contributed by atoms with Crippen molar-refractivity contribution in [1.82, 2.24) is 19.8 Å². The van der Waals surface area contributed by atoms with E-state index in [0.29, 0.717) is 5.69 Å². The predicted octanol–water partition coefficient (Wildman–Crippen LogP) is 2.01. The fourth-order valence-corrected chi connectivity index (χ4v) is 2.73. The van der Waals surface area contributed by atoms with Gasteiger partial charge in [-0.25, -0.2) is 0 Å². The molecule has 0 saturated carbocycles. The highest BCUT2D eigenvalue weighted by molar-refractivity contribution is 7.19. The quantitative estimate of drug-likeness (QED) is 0.740. The molecule has 0 atom stereocenters. The van der Waals surface area contributed by atoms with E-state index in [9.17, 15) is 0 Å². The van der Waals surface area contributed by atoms with Crippen LogP contribution in [0, 0.1) is 0 Å². The van der Waals surface area contributed by atoms with E-state index in [2.05, 4.69) is 15.3 Å². The second-order valence-electron chi connectivity index (χ2n) is 4.02. The number of hydrogen-bond donors (Lipinski definition) is 1. The Bertz CT molecular complexity index is 733. The van der Waals surface area contributed by atoms with Gasteiger partial charge in [0.25, 0.3) is 0 Å². The average Bonchev–Trinajstić information content (AvgIpc) is 2.99. The molecule has 0 aliphatic carbocycles. The lowest BCUT2D eigenvalue weighted by Crippen LogP contribution is -1.95. The Morgan fingerprint density at radius 3 is 2.95 bits per heavy atom. The van der Waals surface area contributed by atoms with Gasteiger partial charge in [0.2, 0.25) is 4.96 Å². The minimum absolute atomic E-state index is 0.670. The van der Waals surface area contributed by atoms with E-state index in [4.69, 9.17) is 10.5 Å². The van der Waals surface area contributed by atoms with Gasteiger partial charge >= 0.3 is 0 Å². The second-order valence-corrected chi connectivity index (χ2v) is 4.98. The molecule has 3 aromatic rings. The van der Waals surface area contributed by atoms with Gasteiger partial charge in [-0.3, -0.25) is 0 Å². The smallest absolute Gasteiger partial charge is 0.234 e. The zero-order valence-electron chi connectivity index (χ0n) is 10.6. The summed E-state index contributed by atoms with van der Waals surface area (Å²) in [6.07, 6.45) is 0.790. The first-order chi connectivity index (χ1) is 9.22. The highest BCUT2D eigenvalue weighted by atomic mass is 32.1. The van der Waals surface area contributed by atoms with Crippen LogP contribution in [0.1, 0.15) is 12.7 Å². The number of aromatic nitrogens is 4. The number of anilines is 1. The predicted molar refractivity (Wildman–Crippen MR) is 74.4 cm³/mol. The van der Waals surface area contributed by atoms with Crippen LogP contribution in [0.2, 0.25) is 0 Å². The van der Waals surface area contributed by atoms with Crippen molar-refractivity contribution in [3.05, 3.63) is 24.0 Å². The molecule has 0 amide bonds. The Labute approximate surface area is 113 Å². The maximum atomic E-state index is 6.00. The monoisotopic (exact) mass is 275 g/mol. The minimum Gasteiger partial charge on any atom is -0.497 e. The maximum Gasteiger partial charge on any atom is 0.234 e. The molecule has 98 valence electrons. The van der Waals surface area contributed by atoms with E-state index < -0.39 is 0 Å². The van der Waals surface area contributed by atoms with Crippen LogP contribution in [0.15, 0.2) is 18.2 Å². The summed E-state index contributed by atoms with van der Waals surface area (Å²) in [6.45, 7) is 2.02. The topological polar surface area (TPSA) is 78.3 Å². The minimum atomic E-state index is 0.670. The van der Waals surface area contributed by atoms with Gasteiger partial charge in [-0.1, -0.05) is 18.3 Å². The molecule has 3 rings (SSSR count). The second kappa shape index (κ2) is 4.51. The van der Waals surface area contributed by atoms with Gasteiger partial charge in [0.1, 0.15) is 10.8 Å². The molecule has 7 heteroatoms. The van der Waals surface area contributed by atoms with Crippen LogP contribution < -0.4 is 10.5 Å². The lowest BCUT2D eigenvalue weighted by atomic mass is 10.2. The summed E-state index contributed by atoms with van der Waals surface area (Å²) in [5, 5.41) is 13.5. The van der Waals surface area contributed by atoms with Crippen molar-refractivity contribution in [2.24, 2.45) is 0 Å². The molecule has 1 aromatic carbocycles. The molecule has 2 N–H and O–H groups in total. The van der Waals surface area contributed by atoms with Gasteiger partial charge < -0.3 is 10.5 Å². The van der Waals surface area contributed by atoms with E-state index >= 15 is 0 Å². The first-order valence-electron chi connectivity index (χ1n) is 5.88. The number of fused-ring (bicyclic) bond motifs is 1. The number of nitrogen functional groups attached to an aromatic ring is 1. The SMILES string of the molecule is CCc1nnc2sc(-c3cc(OC)ccc3N)nn12.